The number of rotatable bonds is 6. The second kappa shape index (κ2) is 6.17. The smallest absolute Gasteiger partial charge is 0.224 e. The minimum Gasteiger partial charge on any atom is -0.364 e. The van der Waals surface area contributed by atoms with Crippen molar-refractivity contribution in [1.82, 2.24) is 19.7 Å². The van der Waals surface area contributed by atoms with E-state index in [4.69, 9.17) is 0 Å². The van der Waals surface area contributed by atoms with Gasteiger partial charge in [-0.3, -0.25) is 4.68 Å². The Labute approximate surface area is 113 Å². The molecule has 2 rings (SSSR count). The van der Waals surface area contributed by atoms with Crippen molar-refractivity contribution in [2.75, 3.05) is 17.2 Å². The molecule has 0 atom stereocenters. The van der Waals surface area contributed by atoms with E-state index in [9.17, 15) is 0 Å². The molecule has 0 aromatic carbocycles. The molecule has 0 saturated carbocycles. The van der Waals surface area contributed by atoms with Crippen LogP contribution in [0.15, 0.2) is 18.3 Å². The highest BCUT2D eigenvalue weighted by molar-refractivity contribution is 5.42. The van der Waals surface area contributed by atoms with Crippen LogP contribution in [-0.2, 0) is 13.6 Å². The Bertz CT molecular complexity index is 534. The highest BCUT2D eigenvalue weighted by Crippen LogP contribution is 2.10. The standard InChI is InChI=1S/C13H20N6/c1-4-6-14-13-16-10(2)8-12(17-13)15-9-11-5-7-19(3)18-11/h5,7-8H,4,6,9H2,1-3H3,(H2,14,15,16,17). The van der Waals surface area contributed by atoms with Crippen LogP contribution >= 0.6 is 0 Å². The van der Waals surface area contributed by atoms with Gasteiger partial charge in [-0.25, -0.2) is 4.98 Å². The fourth-order valence-electron chi connectivity index (χ4n) is 1.71. The molecule has 0 spiro atoms. The average Bonchev–Trinajstić information content (AvgIpc) is 2.79. The molecule has 0 fully saturated rings. The lowest BCUT2D eigenvalue weighted by Crippen LogP contribution is -2.08. The lowest BCUT2D eigenvalue weighted by molar-refractivity contribution is 0.747. The van der Waals surface area contributed by atoms with Gasteiger partial charge in [0.25, 0.3) is 0 Å². The van der Waals surface area contributed by atoms with Gasteiger partial charge in [0.05, 0.1) is 12.2 Å². The van der Waals surface area contributed by atoms with Crippen LogP contribution in [0.5, 0.6) is 0 Å². The molecule has 6 nitrogen and oxygen atoms in total. The summed E-state index contributed by atoms with van der Waals surface area (Å²) in [5.74, 6) is 1.49. The van der Waals surface area contributed by atoms with Crippen LogP contribution in [0.1, 0.15) is 24.7 Å². The van der Waals surface area contributed by atoms with Crippen LogP contribution in [0.4, 0.5) is 11.8 Å². The van der Waals surface area contributed by atoms with Crippen molar-refractivity contribution >= 4 is 11.8 Å². The average molecular weight is 260 g/mol. The summed E-state index contributed by atoms with van der Waals surface area (Å²) in [6.07, 6.45) is 2.98. The number of anilines is 2. The van der Waals surface area contributed by atoms with Gasteiger partial charge in [-0.15, -0.1) is 0 Å². The zero-order chi connectivity index (χ0) is 13.7. The van der Waals surface area contributed by atoms with E-state index in [1.54, 1.807) is 4.68 Å². The van der Waals surface area contributed by atoms with Crippen molar-refractivity contribution in [3.8, 4) is 0 Å². The molecule has 2 aromatic heterocycles. The van der Waals surface area contributed by atoms with Crippen molar-refractivity contribution in [3.05, 3.63) is 29.7 Å². The van der Waals surface area contributed by atoms with Crippen molar-refractivity contribution in [3.63, 3.8) is 0 Å². The summed E-state index contributed by atoms with van der Waals surface area (Å²) in [5.41, 5.74) is 1.93. The number of aryl methyl sites for hydroxylation is 2. The van der Waals surface area contributed by atoms with Gasteiger partial charge in [-0.1, -0.05) is 6.92 Å². The first-order valence-electron chi connectivity index (χ1n) is 6.49. The highest BCUT2D eigenvalue weighted by Gasteiger charge is 2.02. The molecule has 0 aliphatic rings. The van der Waals surface area contributed by atoms with Crippen LogP contribution in [-0.4, -0.2) is 26.3 Å². The summed E-state index contributed by atoms with van der Waals surface area (Å²) in [7, 11) is 1.91. The molecule has 0 aliphatic carbocycles. The first-order valence-corrected chi connectivity index (χ1v) is 6.49. The van der Waals surface area contributed by atoms with E-state index in [0.717, 1.165) is 30.2 Å². The number of hydrogen-bond donors (Lipinski definition) is 2. The maximum absolute atomic E-state index is 4.43. The Morgan fingerprint density at radius 2 is 2.11 bits per heavy atom. The summed E-state index contributed by atoms with van der Waals surface area (Å²) < 4.78 is 1.79. The van der Waals surface area contributed by atoms with Gasteiger partial charge in [0.2, 0.25) is 5.95 Å². The summed E-state index contributed by atoms with van der Waals surface area (Å²) in [4.78, 5) is 8.77. The largest absolute Gasteiger partial charge is 0.364 e. The van der Waals surface area contributed by atoms with Crippen molar-refractivity contribution in [2.45, 2.75) is 26.8 Å². The van der Waals surface area contributed by atoms with Crippen LogP contribution in [0.25, 0.3) is 0 Å². The minimum atomic E-state index is 0.657. The van der Waals surface area contributed by atoms with E-state index in [0.29, 0.717) is 12.5 Å². The Kier molecular flexibility index (Phi) is 4.33. The molecule has 0 saturated heterocycles. The SMILES string of the molecule is CCCNc1nc(C)cc(NCc2ccn(C)n2)n1. The maximum atomic E-state index is 4.43. The first kappa shape index (κ1) is 13.3. The lowest BCUT2D eigenvalue weighted by atomic mass is 10.4. The predicted octanol–water partition coefficient (Wildman–Crippen LogP) is 1.95. The fourth-order valence-corrected chi connectivity index (χ4v) is 1.71. The number of aromatic nitrogens is 4. The van der Waals surface area contributed by atoms with Gasteiger partial charge < -0.3 is 10.6 Å². The van der Waals surface area contributed by atoms with Crippen LogP contribution in [0, 0.1) is 6.92 Å². The molecule has 0 unspecified atom stereocenters. The highest BCUT2D eigenvalue weighted by atomic mass is 15.3. The van der Waals surface area contributed by atoms with Crippen molar-refractivity contribution in [1.29, 1.82) is 0 Å². The molecule has 102 valence electrons. The molecule has 19 heavy (non-hydrogen) atoms. The lowest BCUT2D eigenvalue weighted by Gasteiger charge is -2.08. The molecule has 2 heterocycles. The van der Waals surface area contributed by atoms with Crippen LogP contribution < -0.4 is 10.6 Å². The third-order valence-corrected chi connectivity index (χ3v) is 2.61. The molecule has 0 amide bonds. The van der Waals surface area contributed by atoms with Gasteiger partial charge >= 0.3 is 0 Å². The molecule has 0 radical (unpaired) electrons. The number of nitrogens with zero attached hydrogens (tertiary/aromatic N) is 4. The van der Waals surface area contributed by atoms with E-state index in [1.165, 1.54) is 0 Å². The van der Waals surface area contributed by atoms with E-state index >= 15 is 0 Å². The Balaban J connectivity index is 2.01. The molecule has 0 aliphatic heterocycles. The first-order chi connectivity index (χ1) is 9.17. The molecular formula is C13H20N6. The third kappa shape index (κ3) is 3.94. The Morgan fingerprint density at radius 1 is 1.26 bits per heavy atom. The van der Waals surface area contributed by atoms with Crippen LogP contribution in [0.2, 0.25) is 0 Å². The van der Waals surface area contributed by atoms with E-state index in [2.05, 4.69) is 32.6 Å². The van der Waals surface area contributed by atoms with Crippen LogP contribution in [0.3, 0.4) is 0 Å². The molecule has 0 bridgehead atoms. The Morgan fingerprint density at radius 3 is 2.79 bits per heavy atom. The Hall–Kier alpha value is -2.11. The molecular weight excluding hydrogens is 240 g/mol. The second-order valence-corrected chi connectivity index (χ2v) is 4.48. The van der Waals surface area contributed by atoms with Crippen molar-refractivity contribution in [2.24, 2.45) is 7.05 Å². The summed E-state index contributed by atoms with van der Waals surface area (Å²) in [6.45, 7) is 5.61. The van der Waals surface area contributed by atoms with E-state index in [1.807, 2.05) is 32.3 Å². The van der Waals surface area contributed by atoms with Gasteiger partial charge in [0.15, 0.2) is 0 Å². The normalized spacial score (nSPS) is 10.5. The minimum absolute atomic E-state index is 0.657. The third-order valence-electron chi connectivity index (χ3n) is 2.61. The van der Waals surface area contributed by atoms with E-state index in [-0.39, 0.29) is 0 Å². The predicted molar refractivity (Wildman–Crippen MR) is 76.1 cm³/mol. The monoisotopic (exact) mass is 260 g/mol. The summed E-state index contributed by atoms with van der Waals surface area (Å²) >= 11 is 0. The van der Waals surface area contributed by atoms with Gasteiger partial charge in [0, 0.05) is 31.5 Å². The second-order valence-electron chi connectivity index (χ2n) is 4.48. The molecule has 2 aromatic rings. The zero-order valence-electron chi connectivity index (χ0n) is 11.6. The van der Waals surface area contributed by atoms with Gasteiger partial charge in [-0.2, -0.15) is 10.1 Å². The maximum Gasteiger partial charge on any atom is 0.224 e. The fraction of sp³-hybridized carbons (Fsp3) is 0.462. The van der Waals surface area contributed by atoms with E-state index < -0.39 is 0 Å². The van der Waals surface area contributed by atoms with Gasteiger partial charge in [-0.05, 0) is 19.4 Å². The zero-order valence-corrected chi connectivity index (χ0v) is 11.6. The number of nitrogens with one attached hydrogen (secondary N) is 2. The summed E-state index contributed by atoms with van der Waals surface area (Å²) in [5, 5.41) is 10.8. The summed E-state index contributed by atoms with van der Waals surface area (Å²) in [6, 6.07) is 3.91. The quantitative estimate of drug-likeness (QED) is 0.831. The molecule has 6 heteroatoms. The number of hydrogen-bond acceptors (Lipinski definition) is 5. The van der Waals surface area contributed by atoms with Gasteiger partial charge in [0.1, 0.15) is 5.82 Å². The topological polar surface area (TPSA) is 67.7 Å². The molecule has 2 N–H and O–H groups in total. The van der Waals surface area contributed by atoms with Crippen molar-refractivity contribution < 1.29 is 0 Å².